The molecule has 0 aliphatic carbocycles. The van der Waals surface area contributed by atoms with Crippen molar-refractivity contribution in [3.8, 4) is 5.75 Å². The van der Waals surface area contributed by atoms with Gasteiger partial charge in [-0.1, -0.05) is 6.07 Å². The van der Waals surface area contributed by atoms with Crippen molar-refractivity contribution >= 4 is 11.7 Å². The minimum absolute atomic E-state index is 0.0757. The topological polar surface area (TPSA) is 51.2 Å². The number of nitrogens with one attached hydrogen (secondary N) is 1. The maximum absolute atomic E-state index is 12.2. The van der Waals surface area contributed by atoms with Crippen LogP contribution in [-0.4, -0.2) is 17.0 Å². The lowest BCUT2D eigenvalue weighted by atomic mass is 10.2. The fraction of sp³-hybridized carbons (Fsp3) is 0.250. The van der Waals surface area contributed by atoms with E-state index in [1.54, 1.807) is 24.4 Å². The Hall–Kier alpha value is -2.36. The molecule has 1 heterocycles. The lowest BCUT2D eigenvalue weighted by Crippen LogP contribution is -2.13. The summed E-state index contributed by atoms with van der Waals surface area (Å²) in [7, 11) is 0. The first kappa shape index (κ1) is 14.1. The first-order valence-corrected chi connectivity index (χ1v) is 6.55. The number of amides is 1. The van der Waals surface area contributed by atoms with Crippen molar-refractivity contribution in [2.24, 2.45) is 0 Å². The number of hydrogen-bond acceptors (Lipinski definition) is 3. The Balaban J connectivity index is 2.13. The minimum atomic E-state index is -0.197. The van der Waals surface area contributed by atoms with E-state index >= 15 is 0 Å². The van der Waals surface area contributed by atoms with Gasteiger partial charge in [-0.3, -0.25) is 4.79 Å². The third-order valence-electron chi connectivity index (χ3n) is 2.63. The summed E-state index contributed by atoms with van der Waals surface area (Å²) >= 11 is 0. The number of nitrogens with zero attached hydrogens (tertiary/aromatic N) is 1. The van der Waals surface area contributed by atoms with Gasteiger partial charge in [0.25, 0.3) is 5.91 Å². The molecule has 0 saturated carbocycles. The van der Waals surface area contributed by atoms with Crippen LogP contribution in [-0.2, 0) is 0 Å². The molecule has 1 amide bonds. The highest BCUT2D eigenvalue weighted by molar-refractivity contribution is 6.04. The summed E-state index contributed by atoms with van der Waals surface area (Å²) in [5.74, 6) is 1.03. The second-order valence-electron chi connectivity index (χ2n) is 4.87. The van der Waals surface area contributed by atoms with Crippen LogP contribution in [0.2, 0.25) is 0 Å². The normalized spacial score (nSPS) is 10.4. The molecule has 0 bridgehead atoms. The van der Waals surface area contributed by atoms with E-state index in [1.165, 1.54) is 0 Å². The van der Waals surface area contributed by atoms with Gasteiger partial charge in [0.05, 0.1) is 6.10 Å². The van der Waals surface area contributed by atoms with Crippen molar-refractivity contribution in [1.29, 1.82) is 0 Å². The number of aryl methyl sites for hydroxylation is 1. The molecule has 4 heteroatoms. The molecule has 2 aromatic rings. The number of carbonyl (C=O) groups is 1. The summed E-state index contributed by atoms with van der Waals surface area (Å²) < 4.78 is 5.58. The van der Waals surface area contributed by atoms with E-state index in [4.69, 9.17) is 4.74 Å². The summed E-state index contributed by atoms with van der Waals surface area (Å²) in [4.78, 5) is 16.3. The summed E-state index contributed by atoms with van der Waals surface area (Å²) in [6, 6.07) is 10.8. The summed E-state index contributed by atoms with van der Waals surface area (Å²) in [5, 5.41) is 2.77. The molecule has 0 atom stereocenters. The number of anilines is 1. The Bertz CT molecular complexity index is 609. The molecule has 0 fully saturated rings. The molecule has 0 spiro atoms. The fourth-order valence-corrected chi connectivity index (χ4v) is 1.78. The number of pyridine rings is 1. The van der Waals surface area contributed by atoms with E-state index in [-0.39, 0.29) is 12.0 Å². The monoisotopic (exact) mass is 270 g/mol. The second kappa shape index (κ2) is 6.19. The highest BCUT2D eigenvalue weighted by Crippen LogP contribution is 2.16. The zero-order valence-electron chi connectivity index (χ0n) is 11.9. The minimum Gasteiger partial charge on any atom is -0.491 e. The lowest BCUT2D eigenvalue weighted by molar-refractivity contribution is 0.102. The van der Waals surface area contributed by atoms with Gasteiger partial charge in [0.1, 0.15) is 11.6 Å². The van der Waals surface area contributed by atoms with Gasteiger partial charge in [0, 0.05) is 11.8 Å². The number of carbonyl (C=O) groups excluding carboxylic acids is 1. The number of hydrogen-bond donors (Lipinski definition) is 1. The molecule has 4 nitrogen and oxygen atoms in total. The Labute approximate surface area is 118 Å². The number of benzene rings is 1. The Morgan fingerprint density at radius 1 is 1.25 bits per heavy atom. The molecule has 0 aliphatic rings. The zero-order chi connectivity index (χ0) is 14.5. The summed E-state index contributed by atoms with van der Waals surface area (Å²) in [6.45, 7) is 5.85. The molecule has 0 aliphatic heterocycles. The van der Waals surface area contributed by atoms with E-state index in [0.29, 0.717) is 17.1 Å². The first-order chi connectivity index (χ1) is 9.54. The van der Waals surface area contributed by atoms with Crippen LogP contribution in [0, 0.1) is 6.92 Å². The van der Waals surface area contributed by atoms with Gasteiger partial charge in [-0.2, -0.15) is 0 Å². The Morgan fingerprint density at radius 3 is 2.75 bits per heavy atom. The van der Waals surface area contributed by atoms with Gasteiger partial charge in [-0.05, 0) is 56.7 Å². The van der Waals surface area contributed by atoms with Crippen LogP contribution in [0.4, 0.5) is 5.82 Å². The van der Waals surface area contributed by atoms with E-state index in [2.05, 4.69) is 10.3 Å². The van der Waals surface area contributed by atoms with E-state index < -0.39 is 0 Å². The Morgan fingerprint density at radius 2 is 2.05 bits per heavy atom. The van der Waals surface area contributed by atoms with E-state index in [1.807, 2.05) is 39.0 Å². The van der Waals surface area contributed by atoms with Crippen LogP contribution in [0.25, 0.3) is 0 Å². The third kappa shape index (κ3) is 3.82. The maximum atomic E-state index is 12.2. The van der Waals surface area contributed by atoms with Gasteiger partial charge in [0.2, 0.25) is 0 Å². The average molecular weight is 270 g/mol. The highest BCUT2D eigenvalue weighted by atomic mass is 16.5. The number of aromatic nitrogens is 1. The van der Waals surface area contributed by atoms with Crippen molar-refractivity contribution in [3.05, 3.63) is 53.7 Å². The second-order valence-corrected chi connectivity index (χ2v) is 4.87. The largest absolute Gasteiger partial charge is 0.491 e. The van der Waals surface area contributed by atoms with Gasteiger partial charge < -0.3 is 10.1 Å². The van der Waals surface area contributed by atoms with Crippen LogP contribution < -0.4 is 10.1 Å². The van der Waals surface area contributed by atoms with E-state index in [0.717, 1.165) is 5.56 Å². The molecule has 0 saturated heterocycles. The SMILES string of the molecule is Cc1ccnc(NC(=O)c2cccc(OC(C)C)c2)c1. The zero-order valence-corrected chi connectivity index (χ0v) is 11.9. The summed E-state index contributed by atoms with van der Waals surface area (Å²) in [6.07, 6.45) is 1.75. The molecule has 1 aromatic heterocycles. The van der Waals surface area contributed by atoms with Gasteiger partial charge in [-0.25, -0.2) is 4.98 Å². The van der Waals surface area contributed by atoms with Crippen LogP contribution in [0.3, 0.4) is 0 Å². The van der Waals surface area contributed by atoms with Crippen molar-refractivity contribution < 1.29 is 9.53 Å². The van der Waals surface area contributed by atoms with E-state index in [9.17, 15) is 4.79 Å². The molecule has 1 N–H and O–H groups in total. The molecule has 20 heavy (non-hydrogen) atoms. The van der Waals surface area contributed by atoms with Crippen LogP contribution in [0.1, 0.15) is 29.8 Å². The van der Waals surface area contributed by atoms with Crippen molar-refractivity contribution in [2.75, 3.05) is 5.32 Å². The molecular formula is C16H18N2O2. The van der Waals surface area contributed by atoms with Crippen molar-refractivity contribution in [2.45, 2.75) is 26.9 Å². The van der Waals surface area contributed by atoms with Crippen molar-refractivity contribution in [3.63, 3.8) is 0 Å². The number of ether oxygens (including phenoxy) is 1. The van der Waals surface area contributed by atoms with Gasteiger partial charge in [-0.15, -0.1) is 0 Å². The molecule has 0 unspecified atom stereocenters. The van der Waals surface area contributed by atoms with Gasteiger partial charge in [0.15, 0.2) is 0 Å². The predicted molar refractivity (Wildman–Crippen MR) is 79.1 cm³/mol. The smallest absolute Gasteiger partial charge is 0.256 e. The predicted octanol–water partition coefficient (Wildman–Crippen LogP) is 3.43. The third-order valence-corrected chi connectivity index (χ3v) is 2.63. The molecular weight excluding hydrogens is 252 g/mol. The van der Waals surface area contributed by atoms with Crippen LogP contribution in [0.15, 0.2) is 42.6 Å². The van der Waals surface area contributed by atoms with Gasteiger partial charge >= 0.3 is 0 Å². The molecule has 104 valence electrons. The van der Waals surface area contributed by atoms with Crippen molar-refractivity contribution in [1.82, 2.24) is 4.98 Å². The maximum Gasteiger partial charge on any atom is 0.256 e. The quantitative estimate of drug-likeness (QED) is 0.926. The number of rotatable bonds is 4. The lowest BCUT2D eigenvalue weighted by Gasteiger charge is -2.11. The molecule has 0 radical (unpaired) electrons. The molecule has 2 rings (SSSR count). The highest BCUT2D eigenvalue weighted by Gasteiger charge is 2.08. The van der Waals surface area contributed by atoms with Crippen LogP contribution >= 0.6 is 0 Å². The first-order valence-electron chi connectivity index (χ1n) is 6.55. The summed E-state index contributed by atoms with van der Waals surface area (Å²) in [5.41, 5.74) is 1.60. The molecule has 1 aromatic carbocycles. The average Bonchev–Trinajstić information content (AvgIpc) is 2.38. The Kier molecular flexibility index (Phi) is 4.35. The fourth-order valence-electron chi connectivity index (χ4n) is 1.78. The standard InChI is InChI=1S/C16H18N2O2/c1-11(2)20-14-6-4-5-13(10-14)16(19)18-15-9-12(3)7-8-17-15/h4-11H,1-3H3,(H,17,18,19). The van der Waals surface area contributed by atoms with Crippen LogP contribution in [0.5, 0.6) is 5.75 Å².